The molecule has 2 unspecified atom stereocenters. The van der Waals surface area contributed by atoms with E-state index in [-0.39, 0.29) is 0 Å². The molecule has 1 aliphatic heterocycles. The Labute approximate surface area is 175 Å². The number of rotatable bonds is 16. The minimum absolute atomic E-state index is 0.302. The van der Waals surface area contributed by atoms with Gasteiger partial charge in [-0.2, -0.15) is 0 Å². The van der Waals surface area contributed by atoms with Crippen LogP contribution in [-0.2, 0) is 4.79 Å². The van der Waals surface area contributed by atoms with E-state index in [2.05, 4.69) is 18.7 Å². The lowest BCUT2D eigenvalue weighted by atomic mass is 9.94. The van der Waals surface area contributed by atoms with Crippen molar-refractivity contribution in [1.29, 1.82) is 0 Å². The number of hydrogen-bond acceptors (Lipinski definition) is 3. The van der Waals surface area contributed by atoms with Crippen molar-refractivity contribution >= 4 is 5.78 Å². The summed E-state index contributed by atoms with van der Waals surface area (Å²) in [5.74, 6) is 0.653. The van der Waals surface area contributed by atoms with Gasteiger partial charge in [-0.3, -0.25) is 4.79 Å². The molecule has 1 aliphatic rings. The second kappa shape index (κ2) is 17.4. The summed E-state index contributed by atoms with van der Waals surface area (Å²) < 4.78 is 0. The molecule has 1 N–H and O–H groups in total. The first-order valence-electron chi connectivity index (χ1n) is 12.4. The second-order valence-corrected chi connectivity index (χ2v) is 9.09. The lowest BCUT2D eigenvalue weighted by Crippen LogP contribution is -3.10. The third-order valence-corrected chi connectivity index (χ3v) is 6.13. The summed E-state index contributed by atoms with van der Waals surface area (Å²) >= 11 is 0. The van der Waals surface area contributed by atoms with Crippen molar-refractivity contribution in [2.24, 2.45) is 5.92 Å². The number of quaternary nitrogens is 1. The minimum atomic E-state index is 0.302. The van der Waals surface area contributed by atoms with Gasteiger partial charge in [-0.15, -0.1) is 0 Å². The molecule has 28 heavy (non-hydrogen) atoms. The first kappa shape index (κ1) is 25.6. The molecule has 166 valence electrons. The summed E-state index contributed by atoms with van der Waals surface area (Å²) in [6.07, 6.45) is 19.7. The predicted molar refractivity (Wildman–Crippen MR) is 119 cm³/mol. The topological polar surface area (TPSA) is 47.8 Å². The molecule has 0 aliphatic carbocycles. The molecule has 1 saturated heterocycles. The van der Waals surface area contributed by atoms with Crippen LogP contribution in [0.1, 0.15) is 117 Å². The van der Waals surface area contributed by atoms with Crippen LogP contribution < -0.4 is 5.06 Å². The molecule has 1 rings (SSSR count). The van der Waals surface area contributed by atoms with Crippen LogP contribution in [0.4, 0.5) is 0 Å². The summed E-state index contributed by atoms with van der Waals surface area (Å²) in [6.45, 7) is 7.01. The summed E-state index contributed by atoms with van der Waals surface area (Å²) in [5, 5.41) is 12.8. The maximum absolute atomic E-state index is 12.4. The van der Waals surface area contributed by atoms with E-state index in [1.54, 1.807) is 0 Å². The molecule has 0 aromatic rings. The first-order chi connectivity index (χ1) is 13.7. The minimum Gasteiger partial charge on any atom is -0.633 e. The van der Waals surface area contributed by atoms with Gasteiger partial charge >= 0.3 is 0 Å². The van der Waals surface area contributed by atoms with Gasteiger partial charge in [-0.1, -0.05) is 97.3 Å². The van der Waals surface area contributed by atoms with Crippen LogP contribution in [0, 0.1) is 11.1 Å². The number of carbonyl (C=O) groups excluding carboxylic acids is 1. The Bertz CT molecular complexity index is 344. The monoisotopic (exact) mass is 396 g/mol. The molecule has 4 heteroatoms. The normalized spacial score (nSPS) is 21.6. The van der Waals surface area contributed by atoms with Crippen molar-refractivity contribution in [3.63, 3.8) is 0 Å². The molecule has 0 radical (unpaired) electrons. The fourth-order valence-corrected chi connectivity index (χ4v) is 4.44. The van der Waals surface area contributed by atoms with E-state index >= 15 is 0 Å². The quantitative estimate of drug-likeness (QED) is 0.291. The molecule has 1 heterocycles. The van der Waals surface area contributed by atoms with E-state index in [1.807, 2.05) is 0 Å². The van der Waals surface area contributed by atoms with Crippen molar-refractivity contribution in [3.8, 4) is 0 Å². The van der Waals surface area contributed by atoms with E-state index in [4.69, 9.17) is 0 Å². The van der Waals surface area contributed by atoms with Gasteiger partial charge in [0.1, 0.15) is 12.5 Å². The van der Waals surface area contributed by atoms with Crippen LogP contribution in [0.3, 0.4) is 0 Å². The molecular weight excluding hydrogens is 348 g/mol. The molecule has 4 nitrogen and oxygen atoms in total. The van der Waals surface area contributed by atoms with Crippen molar-refractivity contribution in [2.45, 2.75) is 117 Å². The van der Waals surface area contributed by atoms with Gasteiger partial charge in [-0.25, -0.2) is 4.90 Å². The SMILES string of the molecule is CCCCCCCCCC1CC(=O)CN(CCCCCCCCC)C[NH+]([O-])C1. The summed E-state index contributed by atoms with van der Waals surface area (Å²) in [4.78, 5) is 14.5. The average Bonchev–Trinajstić information content (AvgIpc) is 2.65. The van der Waals surface area contributed by atoms with Crippen LogP contribution >= 0.6 is 0 Å². The highest BCUT2D eigenvalue weighted by Crippen LogP contribution is 2.16. The van der Waals surface area contributed by atoms with Gasteiger partial charge in [0.25, 0.3) is 0 Å². The molecule has 0 bridgehead atoms. The number of hydroxylamine groups is 2. The lowest BCUT2D eigenvalue weighted by Gasteiger charge is -2.35. The van der Waals surface area contributed by atoms with Crippen LogP contribution in [0.2, 0.25) is 0 Å². The molecule has 0 spiro atoms. The van der Waals surface area contributed by atoms with Crippen LogP contribution in [0.15, 0.2) is 0 Å². The highest BCUT2D eigenvalue weighted by Gasteiger charge is 2.23. The molecule has 0 aromatic carbocycles. The van der Waals surface area contributed by atoms with E-state index in [0.29, 0.717) is 42.9 Å². The number of nitrogens with zero attached hydrogens (tertiary/aromatic N) is 1. The second-order valence-electron chi connectivity index (χ2n) is 9.09. The third-order valence-electron chi connectivity index (χ3n) is 6.13. The number of ketones is 1. The molecular formula is C24H48N2O2. The Kier molecular flexibility index (Phi) is 15.9. The van der Waals surface area contributed by atoms with Gasteiger partial charge in [-0.05, 0) is 12.8 Å². The molecule has 0 aromatic heterocycles. The van der Waals surface area contributed by atoms with Crippen molar-refractivity contribution in [1.82, 2.24) is 4.90 Å². The first-order valence-corrected chi connectivity index (χ1v) is 12.4. The fourth-order valence-electron chi connectivity index (χ4n) is 4.44. The highest BCUT2D eigenvalue weighted by molar-refractivity contribution is 5.80. The van der Waals surface area contributed by atoms with Crippen LogP contribution in [-0.4, -0.2) is 37.0 Å². The number of unbranched alkanes of at least 4 members (excludes halogenated alkanes) is 12. The van der Waals surface area contributed by atoms with Crippen LogP contribution in [0.25, 0.3) is 0 Å². The van der Waals surface area contributed by atoms with E-state index in [9.17, 15) is 10.0 Å². The maximum atomic E-state index is 12.4. The summed E-state index contributed by atoms with van der Waals surface area (Å²) in [7, 11) is 0. The summed E-state index contributed by atoms with van der Waals surface area (Å²) in [5.41, 5.74) is 0. The molecule has 0 amide bonds. The van der Waals surface area contributed by atoms with Gasteiger partial charge in [0.2, 0.25) is 0 Å². The number of Topliss-reactive ketones (excluding diaryl/α,β-unsaturated/α-hetero) is 1. The van der Waals surface area contributed by atoms with Gasteiger partial charge < -0.3 is 10.3 Å². The fraction of sp³-hybridized carbons (Fsp3) is 0.958. The standard InChI is InChI=1S/C24H48N2O2/c1-3-5-7-9-11-13-15-17-23-19-24(27)21-25(22-26(28)20-23)18-16-14-12-10-8-6-4-2/h23,26H,3-22H2,1-2H3. The molecule has 2 atom stereocenters. The summed E-state index contributed by atoms with van der Waals surface area (Å²) in [6, 6.07) is 0. The number of nitrogens with one attached hydrogen (secondary N) is 1. The maximum Gasteiger partial charge on any atom is 0.147 e. The average molecular weight is 397 g/mol. The largest absolute Gasteiger partial charge is 0.633 e. The number of carbonyl (C=O) groups is 1. The Morgan fingerprint density at radius 1 is 0.857 bits per heavy atom. The van der Waals surface area contributed by atoms with E-state index in [0.717, 1.165) is 19.4 Å². The van der Waals surface area contributed by atoms with Crippen molar-refractivity contribution in [2.75, 3.05) is 26.3 Å². The zero-order valence-electron chi connectivity index (χ0n) is 19.0. The van der Waals surface area contributed by atoms with Gasteiger partial charge in [0.15, 0.2) is 0 Å². The zero-order valence-corrected chi connectivity index (χ0v) is 19.0. The molecule has 0 saturated carbocycles. The lowest BCUT2D eigenvalue weighted by molar-refractivity contribution is -0.863. The van der Waals surface area contributed by atoms with Gasteiger partial charge in [0.05, 0.1) is 13.1 Å². The third kappa shape index (κ3) is 13.7. The Morgan fingerprint density at radius 3 is 2.00 bits per heavy atom. The Morgan fingerprint density at radius 2 is 1.39 bits per heavy atom. The smallest absolute Gasteiger partial charge is 0.147 e. The Hall–Kier alpha value is -0.450. The van der Waals surface area contributed by atoms with E-state index < -0.39 is 0 Å². The highest BCUT2D eigenvalue weighted by atomic mass is 16.5. The zero-order chi connectivity index (χ0) is 20.5. The number of hydrogen-bond donors (Lipinski definition) is 1. The van der Waals surface area contributed by atoms with Crippen molar-refractivity contribution < 1.29 is 9.86 Å². The molecule has 1 fully saturated rings. The van der Waals surface area contributed by atoms with Crippen LogP contribution in [0.5, 0.6) is 0 Å². The van der Waals surface area contributed by atoms with Gasteiger partial charge in [0, 0.05) is 18.9 Å². The van der Waals surface area contributed by atoms with E-state index in [1.165, 1.54) is 83.5 Å². The predicted octanol–water partition coefficient (Wildman–Crippen LogP) is 5.11. The van der Waals surface area contributed by atoms with Crippen molar-refractivity contribution in [3.05, 3.63) is 5.21 Å². The Balaban J connectivity index is 2.17.